The third-order valence-corrected chi connectivity index (χ3v) is 1.77. The molecule has 50 valence electrons. The van der Waals surface area contributed by atoms with Crippen LogP contribution in [-0.2, 0) is 0 Å². The largest absolute Gasteiger partial charge is 0.206 e. The first-order chi connectivity index (χ1) is 4.97. The fraction of sp³-hybridized carbons (Fsp3) is 0.222. The summed E-state index contributed by atoms with van der Waals surface area (Å²) in [4.78, 5) is 0. The molecule has 1 aliphatic heterocycles. The first-order valence-corrected chi connectivity index (χ1v) is 3.63. The van der Waals surface area contributed by atoms with Crippen LogP contribution in [0.5, 0.6) is 0 Å². The summed E-state index contributed by atoms with van der Waals surface area (Å²) in [7, 11) is 0. The van der Waals surface area contributed by atoms with E-state index in [1.165, 1.54) is 18.2 Å². The maximum absolute atomic E-state index is 2.26. The van der Waals surface area contributed by atoms with Gasteiger partial charge in [-0.05, 0) is 18.6 Å². The molecule has 1 nitrogen and oxygen atoms in total. The Bertz CT molecular complexity index is 303. The van der Waals surface area contributed by atoms with Gasteiger partial charge in [-0.25, -0.2) is 0 Å². The minimum absolute atomic E-state index is 1.17. The Morgan fingerprint density at radius 2 is 2.20 bits per heavy atom. The van der Waals surface area contributed by atoms with Gasteiger partial charge in [0.1, 0.15) is 0 Å². The van der Waals surface area contributed by atoms with Crippen molar-refractivity contribution < 1.29 is 4.24 Å². The zero-order valence-electron chi connectivity index (χ0n) is 5.83. The Hall–Kier alpha value is -1.11. The van der Waals surface area contributed by atoms with E-state index in [0.717, 1.165) is 0 Å². The molecular formula is C9H10N+. The van der Waals surface area contributed by atoms with Crippen molar-refractivity contribution in [2.24, 2.45) is 0 Å². The van der Waals surface area contributed by atoms with Gasteiger partial charge in [-0.1, -0.05) is 0 Å². The van der Waals surface area contributed by atoms with Crippen LogP contribution >= 0.6 is 0 Å². The lowest BCUT2D eigenvalue weighted by atomic mass is 10.2. The van der Waals surface area contributed by atoms with Crippen molar-refractivity contribution in [2.75, 3.05) is 0 Å². The second-order valence-electron chi connectivity index (χ2n) is 2.50. The van der Waals surface area contributed by atoms with Crippen molar-refractivity contribution in [3.8, 4) is 0 Å². The lowest BCUT2D eigenvalue weighted by Gasteiger charge is -1.89. The molecule has 0 saturated carbocycles. The van der Waals surface area contributed by atoms with Crippen LogP contribution in [0.25, 0.3) is 6.08 Å². The number of pyridine rings is 1. The smallest absolute Gasteiger partial charge is 0.172 e. The summed E-state index contributed by atoms with van der Waals surface area (Å²) in [6, 6.07) is 6.26. The maximum atomic E-state index is 2.26. The van der Waals surface area contributed by atoms with Gasteiger partial charge in [0.25, 0.3) is 0 Å². The zero-order chi connectivity index (χ0) is 6.81. The molecule has 0 aromatic carbocycles. The highest BCUT2D eigenvalue weighted by molar-refractivity contribution is 5.16. The van der Waals surface area contributed by atoms with Gasteiger partial charge in [0, 0.05) is 18.6 Å². The van der Waals surface area contributed by atoms with Gasteiger partial charge in [0.05, 0.1) is 0 Å². The van der Waals surface area contributed by atoms with Crippen LogP contribution in [0.4, 0.5) is 0 Å². The van der Waals surface area contributed by atoms with E-state index in [1.54, 1.807) is 0 Å². The van der Waals surface area contributed by atoms with E-state index in [1.807, 2.05) is 0 Å². The molecule has 0 saturated heterocycles. The van der Waals surface area contributed by atoms with E-state index in [-0.39, 0.29) is 0 Å². The Kier molecular flexibility index (Phi) is 1.28. The van der Waals surface area contributed by atoms with Crippen LogP contribution in [0.3, 0.4) is 0 Å². The molecule has 1 aliphatic rings. The Morgan fingerprint density at radius 1 is 1.20 bits per heavy atom. The Morgan fingerprint density at radius 3 is 3.10 bits per heavy atom. The normalized spacial score (nSPS) is 14.8. The zero-order valence-corrected chi connectivity index (χ0v) is 5.83. The highest BCUT2D eigenvalue weighted by atomic mass is 14.8. The average molecular weight is 132 g/mol. The summed E-state index contributed by atoms with van der Waals surface area (Å²) in [5.74, 6) is 0. The van der Waals surface area contributed by atoms with Gasteiger partial charge in [0.2, 0.25) is 5.35 Å². The second-order valence-corrected chi connectivity index (χ2v) is 2.50. The van der Waals surface area contributed by atoms with Gasteiger partial charge in [0.15, 0.2) is 12.4 Å². The van der Waals surface area contributed by atoms with E-state index in [4.69, 9.17) is 0 Å². The lowest BCUT2D eigenvalue weighted by molar-refractivity contribution is -0.528. The Balaban J connectivity index is 2.84. The third-order valence-electron chi connectivity index (χ3n) is 1.77. The van der Waals surface area contributed by atoms with E-state index in [9.17, 15) is 0 Å². The van der Waals surface area contributed by atoms with Crippen LogP contribution in [0, 0.1) is 6.21 Å². The quantitative estimate of drug-likeness (QED) is 0.455. The molecule has 1 aromatic rings. The summed E-state index contributed by atoms with van der Waals surface area (Å²) in [6.07, 6.45) is 8.92. The van der Waals surface area contributed by atoms with Crippen molar-refractivity contribution >= 4 is 6.08 Å². The van der Waals surface area contributed by atoms with Crippen molar-refractivity contribution in [3.63, 3.8) is 0 Å². The van der Waals surface area contributed by atoms with Crippen LogP contribution in [0.2, 0.25) is 0 Å². The fourth-order valence-corrected chi connectivity index (χ4v) is 1.25. The monoisotopic (exact) mass is 132 g/mol. The number of rotatable bonds is 0. The number of fused-ring (bicyclic) bond motifs is 1. The van der Waals surface area contributed by atoms with Gasteiger partial charge >= 0.3 is 0 Å². The molecule has 1 heteroatoms. The van der Waals surface area contributed by atoms with Gasteiger partial charge < -0.3 is 0 Å². The number of hydrogen-bond donors (Lipinski definition) is 0. The highest BCUT2D eigenvalue weighted by Crippen LogP contribution is 1.89. The molecule has 0 spiro atoms. The molecule has 0 fully saturated rings. The minimum Gasteiger partial charge on any atom is -0.172 e. The maximum Gasteiger partial charge on any atom is 0.206 e. The number of hydrogen-bond acceptors (Lipinski definition) is 0. The molecule has 0 bridgehead atoms. The molecule has 0 aliphatic carbocycles. The van der Waals surface area contributed by atoms with Crippen molar-refractivity contribution in [1.82, 2.24) is 0 Å². The van der Waals surface area contributed by atoms with Crippen molar-refractivity contribution in [2.45, 2.75) is 12.8 Å². The lowest BCUT2D eigenvalue weighted by Crippen LogP contribution is -2.37. The number of nitrogens with zero attached hydrogens (tertiary/aromatic N) is 1. The van der Waals surface area contributed by atoms with Gasteiger partial charge in [-0.3, -0.25) is 0 Å². The van der Waals surface area contributed by atoms with Gasteiger partial charge in [-0.15, -0.1) is 0 Å². The third kappa shape index (κ3) is 0.838. The van der Waals surface area contributed by atoms with E-state index in [2.05, 4.69) is 40.9 Å². The fourth-order valence-electron chi connectivity index (χ4n) is 1.25. The van der Waals surface area contributed by atoms with Crippen LogP contribution in [0.1, 0.15) is 12.8 Å². The predicted octanol–water partition coefficient (Wildman–Crippen LogP) is 0.558. The molecule has 0 radical (unpaired) electrons. The Labute approximate surface area is 60.0 Å². The highest BCUT2D eigenvalue weighted by Gasteiger charge is 1.96. The molecule has 2 rings (SSSR count). The van der Waals surface area contributed by atoms with E-state index in [0.29, 0.717) is 0 Å². The van der Waals surface area contributed by atoms with Crippen LogP contribution in [0.15, 0.2) is 24.4 Å². The molecule has 2 heterocycles. The summed E-state index contributed by atoms with van der Waals surface area (Å²) in [5.41, 5.74) is 0. The molecule has 0 N–H and O–H groups in total. The molecular weight excluding hydrogens is 122 g/mol. The topological polar surface area (TPSA) is 5.90 Å². The molecule has 0 amide bonds. The SMILES string of the molecule is C1=c2cccc[n+]2=CCC1. The first kappa shape index (κ1) is 5.66. The van der Waals surface area contributed by atoms with Crippen molar-refractivity contribution in [1.29, 1.82) is 0 Å². The second kappa shape index (κ2) is 2.25. The predicted molar refractivity (Wildman–Crippen MR) is 39.7 cm³/mol. The summed E-state index contributed by atoms with van der Waals surface area (Å²) >= 11 is 0. The van der Waals surface area contributed by atoms with Crippen LogP contribution < -0.4 is 9.59 Å². The molecule has 10 heavy (non-hydrogen) atoms. The number of aromatic nitrogens is 1. The molecule has 1 aromatic heterocycles. The summed E-state index contributed by atoms with van der Waals surface area (Å²) in [5, 5.41) is 1.31. The van der Waals surface area contributed by atoms with Crippen LogP contribution in [-0.4, -0.2) is 0 Å². The van der Waals surface area contributed by atoms with Crippen molar-refractivity contribution in [3.05, 3.63) is 36.0 Å². The van der Waals surface area contributed by atoms with E-state index >= 15 is 0 Å². The first-order valence-electron chi connectivity index (χ1n) is 3.63. The standard InChI is InChI=1S/C9H10N/c1-3-7-10-8-4-2-6-9(10)5-1/h1,3,5-8H,2,4H2/q+1. The van der Waals surface area contributed by atoms with Gasteiger partial charge in [-0.2, -0.15) is 4.24 Å². The molecule has 0 atom stereocenters. The van der Waals surface area contributed by atoms with E-state index < -0.39 is 0 Å². The minimum atomic E-state index is 1.17. The average Bonchev–Trinajstić information content (AvgIpc) is 2.05. The summed E-state index contributed by atoms with van der Waals surface area (Å²) < 4.78 is 2.17. The molecule has 0 unspecified atom stereocenters. The summed E-state index contributed by atoms with van der Waals surface area (Å²) in [6.45, 7) is 0.